The number of phenolic OH excluding ortho intramolecular Hbond substituents is 1. The van der Waals surface area contributed by atoms with Gasteiger partial charge in [0.2, 0.25) is 5.91 Å². The molecular weight excluding hydrogens is 504 g/mol. The first-order chi connectivity index (χ1) is 18.4. The maximum Gasteiger partial charge on any atom is 0.235 e. The third-order valence-electron chi connectivity index (χ3n) is 9.27. The lowest BCUT2D eigenvalue weighted by atomic mass is 9.49. The van der Waals surface area contributed by atoms with E-state index in [4.69, 9.17) is 10.5 Å². The standard InChI is InChI=1S/C29H28N2O8/c1-31(2)23-17-10-16-15-9-11-8-12(39-3)4-5-13(11)14-6-7-18(32)21(19(14)15)24(33)20(16)26(35)29(17,38)27(36)22(25(23)34)28(30)37/h4-8,15-17,20,22-23,32,38H,9-10H2,1-3H3,(H2,30,37). The summed E-state index contributed by atoms with van der Waals surface area (Å²) < 4.78 is 5.41. The highest BCUT2D eigenvalue weighted by Gasteiger charge is 2.70. The van der Waals surface area contributed by atoms with E-state index in [0.717, 1.165) is 16.7 Å². The molecule has 0 heterocycles. The number of aliphatic hydroxyl groups is 1. The van der Waals surface area contributed by atoms with E-state index in [1.54, 1.807) is 27.3 Å². The Morgan fingerprint density at radius 3 is 2.41 bits per heavy atom. The van der Waals surface area contributed by atoms with Crippen molar-refractivity contribution in [1.82, 2.24) is 4.90 Å². The number of hydrogen-bond acceptors (Lipinski definition) is 9. The maximum absolute atomic E-state index is 14.1. The Hall–Kier alpha value is -3.89. The highest BCUT2D eigenvalue weighted by Crippen LogP contribution is 2.58. The highest BCUT2D eigenvalue weighted by atomic mass is 16.5. The number of Topliss-reactive ketones (excluding diaryl/α,β-unsaturated/α-hetero) is 4. The van der Waals surface area contributed by atoms with Crippen molar-refractivity contribution in [2.24, 2.45) is 29.4 Å². The Labute approximate surface area is 223 Å². The SMILES string of the molecule is COc1ccc2c(c1)CC1c3c-2ccc(O)c3C(=O)C2C(=O)C3(O)C(=O)C(C(N)=O)C(=O)C(N(C)C)C3CC21. The number of carbonyl (C=O) groups is 5. The fraction of sp³-hybridized carbons (Fsp3) is 0.414. The summed E-state index contributed by atoms with van der Waals surface area (Å²) in [5.41, 5.74) is 5.83. The zero-order chi connectivity index (χ0) is 28.1. The Kier molecular flexibility index (Phi) is 5.41. The Morgan fingerprint density at radius 2 is 1.77 bits per heavy atom. The number of amides is 1. The molecular formula is C29H28N2O8. The van der Waals surface area contributed by atoms with Crippen molar-refractivity contribution in [3.63, 3.8) is 0 Å². The summed E-state index contributed by atoms with van der Waals surface area (Å²) in [6.45, 7) is 0. The number of carbonyl (C=O) groups excluding carboxylic acids is 5. The van der Waals surface area contributed by atoms with Gasteiger partial charge in [0, 0.05) is 5.92 Å². The molecule has 4 aliphatic rings. The number of likely N-dealkylation sites (N-methyl/N-ethyl adjacent to an activating group) is 1. The molecule has 2 saturated carbocycles. The Balaban J connectivity index is 1.56. The van der Waals surface area contributed by atoms with E-state index in [1.165, 1.54) is 11.0 Å². The number of ether oxygens (including phenoxy) is 1. The van der Waals surface area contributed by atoms with Gasteiger partial charge in [-0.05, 0) is 79.2 Å². The minimum atomic E-state index is -2.75. The number of ketones is 4. The molecule has 1 amide bonds. The summed E-state index contributed by atoms with van der Waals surface area (Å²) in [7, 11) is 4.68. The van der Waals surface area contributed by atoms with Gasteiger partial charge in [-0.15, -0.1) is 0 Å². The van der Waals surface area contributed by atoms with Crippen LogP contribution in [-0.2, 0) is 25.6 Å². The van der Waals surface area contributed by atoms with Crippen molar-refractivity contribution < 1.29 is 38.9 Å². The van der Waals surface area contributed by atoms with Gasteiger partial charge in [-0.1, -0.05) is 12.1 Å². The first kappa shape index (κ1) is 25.4. The minimum Gasteiger partial charge on any atom is -0.507 e. The molecule has 0 spiro atoms. The molecule has 7 unspecified atom stereocenters. The summed E-state index contributed by atoms with van der Waals surface area (Å²) in [6.07, 6.45) is 0.421. The number of fused-ring (bicyclic) bond motifs is 5. The lowest BCUT2D eigenvalue weighted by Gasteiger charge is -2.54. The first-order valence-electron chi connectivity index (χ1n) is 12.8. The Bertz CT molecular complexity index is 1510. The minimum absolute atomic E-state index is 0.00294. The van der Waals surface area contributed by atoms with Gasteiger partial charge in [-0.25, -0.2) is 0 Å². The number of methoxy groups -OCH3 is 1. The summed E-state index contributed by atoms with van der Waals surface area (Å²) in [5.74, 6) is -10.4. The smallest absolute Gasteiger partial charge is 0.235 e. The molecule has 0 aromatic heterocycles. The van der Waals surface area contributed by atoms with Gasteiger partial charge in [0.15, 0.2) is 34.7 Å². The van der Waals surface area contributed by atoms with Crippen molar-refractivity contribution in [1.29, 1.82) is 0 Å². The number of phenols is 1. The van der Waals surface area contributed by atoms with Gasteiger partial charge in [0.05, 0.1) is 24.6 Å². The largest absolute Gasteiger partial charge is 0.507 e. The van der Waals surface area contributed by atoms with E-state index in [0.29, 0.717) is 17.7 Å². The number of nitrogens with zero attached hydrogens (tertiary/aromatic N) is 1. The van der Waals surface area contributed by atoms with Crippen LogP contribution in [0.5, 0.6) is 11.5 Å². The average molecular weight is 533 g/mol. The molecule has 0 bridgehead atoms. The van der Waals surface area contributed by atoms with Crippen LogP contribution in [0.3, 0.4) is 0 Å². The van der Waals surface area contributed by atoms with Crippen LogP contribution >= 0.6 is 0 Å². The van der Waals surface area contributed by atoms with E-state index < -0.39 is 70.3 Å². The van der Waals surface area contributed by atoms with Gasteiger partial charge < -0.3 is 20.7 Å². The molecule has 0 saturated heterocycles. The second-order valence-corrected chi connectivity index (χ2v) is 11.2. The zero-order valence-corrected chi connectivity index (χ0v) is 21.6. The molecule has 7 atom stereocenters. The van der Waals surface area contributed by atoms with Crippen molar-refractivity contribution in [3.8, 4) is 22.6 Å². The van der Waals surface area contributed by atoms with E-state index in [2.05, 4.69) is 0 Å². The van der Waals surface area contributed by atoms with Crippen molar-refractivity contribution in [3.05, 3.63) is 47.0 Å². The topological polar surface area (TPSA) is 164 Å². The van der Waals surface area contributed by atoms with Gasteiger partial charge in [-0.2, -0.15) is 0 Å². The van der Waals surface area contributed by atoms with Gasteiger partial charge >= 0.3 is 0 Å². The molecule has 2 fully saturated rings. The molecule has 2 aromatic carbocycles. The van der Waals surface area contributed by atoms with Crippen molar-refractivity contribution in [2.45, 2.75) is 30.4 Å². The molecule has 10 nitrogen and oxygen atoms in total. The van der Waals surface area contributed by atoms with Crippen LogP contribution in [0, 0.1) is 23.7 Å². The number of hydrogen-bond donors (Lipinski definition) is 3. The first-order valence-corrected chi connectivity index (χ1v) is 12.8. The number of primary amides is 1. The molecule has 6 rings (SSSR count). The maximum atomic E-state index is 14.1. The lowest BCUT2D eigenvalue weighted by Crippen LogP contribution is -2.74. The number of benzene rings is 2. The zero-order valence-electron chi connectivity index (χ0n) is 21.6. The van der Waals surface area contributed by atoms with E-state index in [9.17, 15) is 34.2 Å². The van der Waals surface area contributed by atoms with Crippen molar-refractivity contribution in [2.75, 3.05) is 21.2 Å². The molecule has 4 aliphatic carbocycles. The van der Waals surface area contributed by atoms with Crippen LogP contribution in [0.2, 0.25) is 0 Å². The highest BCUT2D eigenvalue weighted by molar-refractivity contribution is 6.32. The fourth-order valence-electron chi connectivity index (χ4n) is 7.66. The van der Waals surface area contributed by atoms with Crippen LogP contribution < -0.4 is 10.5 Å². The van der Waals surface area contributed by atoms with Gasteiger partial charge in [0.1, 0.15) is 11.5 Å². The monoisotopic (exact) mass is 532 g/mol. The van der Waals surface area contributed by atoms with Gasteiger partial charge in [0.25, 0.3) is 0 Å². The van der Waals surface area contributed by atoms with Crippen LogP contribution in [0.25, 0.3) is 11.1 Å². The second-order valence-electron chi connectivity index (χ2n) is 11.2. The summed E-state index contributed by atoms with van der Waals surface area (Å²) in [5, 5.41) is 22.6. The van der Waals surface area contributed by atoms with Crippen LogP contribution in [0.4, 0.5) is 0 Å². The lowest BCUT2D eigenvalue weighted by molar-refractivity contribution is -0.182. The quantitative estimate of drug-likeness (QED) is 0.481. The van der Waals surface area contributed by atoms with Gasteiger partial charge in [-0.3, -0.25) is 28.9 Å². The third-order valence-corrected chi connectivity index (χ3v) is 9.27. The average Bonchev–Trinajstić information content (AvgIpc) is 2.88. The normalized spacial score (nSPS) is 32.7. The summed E-state index contributed by atoms with van der Waals surface area (Å²) in [6, 6.07) is 7.60. The fourth-order valence-corrected chi connectivity index (χ4v) is 7.66. The third kappa shape index (κ3) is 3.12. The number of aromatic hydroxyl groups is 1. The molecule has 0 radical (unpaired) electrons. The van der Waals surface area contributed by atoms with E-state index in [-0.39, 0.29) is 17.7 Å². The van der Waals surface area contributed by atoms with E-state index >= 15 is 0 Å². The second kappa shape index (κ2) is 8.30. The van der Waals surface area contributed by atoms with E-state index in [1.807, 2.05) is 18.2 Å². The number of rotatable bonds is 3. The van der Waals surface area contributed by atoms with Crippen LogP contribution in [0.1, 0.15) is 33.8 Å². The molecule has 202 valence electrons. The number of nitrogens with two attached hydrogens (primary N) is 1. The predicted molar refractivity (Wildman–Crippen MR) is 136 cm³/mol. The molecule has 0 aliphatic heterocycles. The van der Waals surface area contributed by atoms with Crippen molar-refractivity contribution >= 4 is 29.0 Å². The molecule has 4 N–H and O–H groups in total. The molecule has 10 heteroatoms. The molecule has 39 heavy (non-hydrogen) atoms. The van der Waals surface area contributed by atoms with Crippen LogP contribution in [0.15, 0.2) is 30.3 Å². The summed E-state index contributed by atoms with van der Waals surface area (Å²) in [4.78, 5) is 68.5. The Morgan fingerprint density at radius 1 is 1.08 bits per heavy atom. The van der Waals surface area contributed by atoms with Crippen LogP contribution in [-0.4, -0.2) is 77.0 Å². The molecule has 2 aromatic rings. The predicted octanol–water partition coefficient (Wildman–Crippen LogP) is 0.640. The summed E-state index contributed by atoms with van der Waals surface area (Å²) >= 11 is 0.